The maximum absolute atomic E-state index is 13.2. The molecule has 0 aliphatic carbocycles. The molecule has 0 aliphatic rings. The van der Waals surface area contributed by atoms with Crippen molar-refractivity contribution < 1.29 is 18.7 Å². The van der Waals surface area contributed by atoms with E-state index in [1.54, 1.807) is 26.0 Å². The fourth-order valence-electron chi connectivity index (χ4n) is 3.83. The van der Waals surface area contributed by atoms with Gasteiger partial charge in [-0.1, -0.05) is 55.8 Å². The van der Waals surface area contributed by atoms with Crippen LogP contribution >= 0.6 is 11.6 Å². The van der Waals surface area contributed by atoms with Crippen LogP contribution in [-0.4, -0.2) is 18.5 Å². The second kappa shape index (κ2) is 11.2. The van der Waals surface area contributed by atoms with Gasteiger partial charge in [-0.05, 0) is 55.5 Å². The summed E-state index contributed by atoms with van der Waals surface area (Å²) in [6.45, 7) is 7.45. The highest BCUT2D eigenvalue weighted by atomic mass is 35.5. The molecule has 1 heterocycles. The first-order valence-electron chi connectivity index (χ1n) is 11.3. The molecule has 0 saturated heterocycles. The molecule has 0 spiro atoms. The monoisotopic (exact) mass is 481 g/mol. The summed E-state index contributed by atoms with van der Waals surface area (Å²) in [6.07, 6.45) is 1.48. The Labute approximate surface area is 203 Å². The van der Waals surface area contributed by atoms with E-state index >= 15 is 0 Å². The largest absolute Gasteiger partial charge is 0.463 e. The van der Waals surface area contributed by atoms with Crippen LogP contribution < -0.4 is 10.7 Å². The molecule has 0 aliphatic heterocycles. The molecule has 7 heteroatoms. The maximum Gasteiger partial charge on any atom is 0.338 e. The van der Waals surface area contributed by atoms with Gasteiger partial charge in [-0.15, -0.1) is 0 Å². The molecular weight excluding hydrogens is 454 g/mol. The average Bonchev–Trinajstić information content (AvgIpc) is 2.83. The molecular formula is C27H28ClNO5. The summed E-state index contributed by atoms with van der Waals surface area (Å²) < 4.78 is 10.9. The van der Waals surface area contributed by atoms with Crippen LogP contribution in [0.3, 0.4) is 0 Å². The minimum absolute atomic E-state index is 0.108. The van der Waals surface area contributed by atoms with Crippen LogP contribution in [0.25, 0.3) is 0 Å². The van der Waals surface area contributed by atoms with E-state index in [-0.39, 0.29) is 23.0 Å². The number of amides is 1. The van der Waals surface area contributed by atoms with Crippen molar-refractivity contribution in [1.82, 2.24) is 0 Å². The molecule has 1 amide bonds. The quantitative estimate of drug-likeness (QED) is 0.414. The molecule has 0 radical (unpaired) electrons. The van der Waals surface area contributed by atoms with Crippen molar-refractivity contribution in [2.24, 2.45) is 0 Å². The standard InChI is InChI=1S/C27H28ClNO5/c1-5-18-14-20(27(32)33-7-3)15-19(6-2)24(18)29-26(31)22-16(4)34-21(23(28)25(22)30)13-17-11-9-8-10-12-17/h8-12,14-15H,5-7,13H2,1-4H3,(H,29,31). The first-order chi connectivity index (χ1) is 16.3. The summed E-state index contributed by atoms with van der Waals surface area (Å²) >= 11 is 6.33. The predicted molar refractivity (Wildman–Crippen MR) is 133 cm³/mol. The van der Waals surface area contributed by atoms with Crippen LogP contribution in [0.4, 0.5) is 5.69 Å². The van der Waals surface area contributed by atoms with Crippen LogP contribution in [0.5, 0.6) is 0 Å². The number of hydrogen-bond donors (Lipinski definition) is 1. The lowest BCUT2D eigenvalue weighted by Crippen LogP contribution is -2.25. The molecule has 178 valence electrons. The molecule has 0 fully saturated rings. The van der Waals surface area contributed by atoms with E-state index < -0.39 is 17.3 Å². The zero-order chi connectivity index (χ0) is 24.8. The first-order valence-corrected chi connectivity index (χ1v) is 11.7. The van der Waals surface area contributed by atoms with E-state index in [0.717, 1.165) is 16.7 Å². The van der Waals surface area contributed by atoms with Crippen molar-refractivity contribution in [3.63, 3.8) is 0 Å². The van der Waals surface area contributed by atoms with Crippen LogP contribution in [0.1, 0.15) is 69.7 Å². The lowest BCUT2D eigenvalue weighted by molar-refractivity contribution is 0.0526. The number of carbonyl (C=O) groups excluding carboxylic acids is 2. The molecule has 0 bridgehead atoms. The first kappa shape index (κ1) is 25.2. The number of ether oxygens (including phenoxy) is 1. The van der Waals surface area contributed by atoms with E-state index in [4.69, 9.17) is 20.8 Å². The highest BCUT2D eigenvalue weighted by molar-refractivity contribution is 6.31. The lowest BCUT2D eigenvalue weighted by atomic mass is 9.98. The van der Waals surface area contributed by atoms with Crippen LogP contribution in [0.2, 0.25) is 5.02 Å². The van der Waals surface area contributed by atoms with Gasteiger partial charge in [0.25, 0.3) is 5.91 Å². The third-order valence-electron chi connectivity index (χ3n) is 5.55. The molecule has 6 nitrogen and oxygen atoms in total. The van der Waals surface area contributed by atoms with Gasteiger partial charge in [0.05, 0.1) is 12.2 Å². The molecule has 3 aromatic rings. The summed E-state index contributed by atoms with van der Waals surface area (Å²) in [5.74, 6) is -0.513. The number of rotatable bonds is 8. The molecule has 1 aromatic heterocycles. The Morgan fingerprint density at radius 2 is 1.65 bits per heavy atom. The van der Waals surface area contributed by atoms with Gasteiger partial charge in [-0.25, -0.2) is 4.79 Å². The van der Waals surface area contributed by atoms with Gasteiger partial charge in [-0.2, -0.15) is 0 Å². The van der Waals surface area contributed by atoms with E-state index in [9.17, 15) is 14.4 Å². The fraction of sp³-hybridized carbons (Fsp3) is 0.296. The van der Waals surface area contributed by atoms with Crippen LogP contribution in [0, 0.1) is 6.92 Å². The Balaban J connectivity index is 1.97. The summed E-state index contributed by atoms with van der Waals surface area (Å²) in [7, 11) is 0. The number of hydrogen-bond acceptors (Lipinski definition) is 5. The zero-order valence-electron chi connectivity index (χ0n) is 19.8. The third-order valence-corrected chi connectivity index (χ3v) is 5.93. The minimum Gasteiger partial charge on any atom is -0.463 e. The predicted octanol–water partition coefficient (Wildman–Crippen LogP) is 5.75. The molecule has 0 atom stereocenters. The molecule has 3 rings (SSSR count). The van der Waals surface area contributed by atoms with Crippen LogP contribution in [-0.2, 0) is 24.0 Å². The summed E-state index contributed by atoms with van der Waals surface area (Å²) in [5, 5.41) is 2.76. The van der Waals surface area contributed by atoms with Gasteiger partial charge in [0.2, 0.25) is 5.43 Å². The SMILES string of the molecule is CCOC(=O)c1cc(CC)c(NC(=O)c2c(C)oc(Cc3ccccc3)c(Cl)c2=O)c(CC)c1. The van der Waals surface area contributed by atoms with Crippen molar-refractivity contribution in [2.75, 3.05) is 11.9 Å². The third kappa shape index (κ3) is 5.39. The van der Waals surface area contributed by atoms with E-state index in [2.05, 4.69) is 5.32 Å². The fourth-order valence-corrected chi connectivity index (χ4v) is 4.03. The van der Waals surface area contributed by atoms with Crippen molar-refractivity contribution >= 4 is 29.2 Å². The van der Waals surface area contributed by atoms with E-state index in [0.29, 0.717) is 36.3 Å². The Bertz CT molecular complexity index is 1240. The number of aryl methyl sites for hydroxylation is 3. The lowest BCUT2D eigenvalue weighted by Gasteiger charge is -2.17. The Morgan fingerprint density at radius 3 is 2.21 bits per heavy atom. The van der Waals surface area contributed by atoms with Gasteiger partial charge in [-0.3, -0.25) is 9.59 Å². The van der Waals surface area contributed by atoms with Gasteiger partial charge in [0.15, 0.2) is 0 Å². The number of halogens is 1. The minimum atomic E-state index is -0.604. The molecule has 0 saturated carbocycles. The Morgan fingerprint density at radius 1 is 1.03 bits per heavy atom. The van der Waals surface area contributed by atoms with Crippen molar-refractivity contribution in [2.45, 2.75) is 47.0 Å². The number of carbonyl (C=O) groups is 2. The Kier molecular flexibility index (Phi) is 8.29. The second-order valence-corrected chi connectivity index (χ2v) is 8.19. The molecule has 0 unspecified atom stereocenters. The van der Waals surface area contributed by atoms with Gasteiger partial charge < -0.3 is 14.5 Å². The summed E-state index contributed by atoms with van der Waals surface area (Å²) in [4.78, 5) is 38.5. The highest BCUT2D eigenvalue weighted by Gasteiger charge is 2.23. The van der Waals surface area contributed by atoms with Crippen molar-refractivity contribution in [3.8, 4) is 0 Å². The number of nitrogens with one attached hydrogen (secondary N) is 1. The number of esters is 1. The van der Waals surface area contributed by atoms with Gasteiger partial charge in [0.1, 0.15) is 22.1 Å². The zero-order valence-corrected chi connectivity index (χ0v) is 20.5. The van der Waals surface area contributed by atoms with Crippen molar-refractivity contribution in [3.05, 3.63) is 97.0 Å². The smallest absolute Gasteiger partial charge is 0.338 e. The number of benzene rings is 2. The molecule has 2 aromatic carbocycles. The van der Waals surface area contributed by atoms with Crippen molar-refractivity contribution in [1.29, 1.82) is 0 Å². The molecule has 1 N–H and O–H groups in total. The number of anilines is 1. The summed E-state index contributed by atoms with van der Waals surface area (Å²) in [5.41, 5.74) is 2.76. The Hall–Kier alpha value is -3.38. The topological polar surface area (TPSA) is 85.6 Å². The molecule has 34 heavy (non-hydrogen) atoms. The average molecular weight is 482 g/mol. The van der Waals surface area contributed by atoms with Crippen LogP contribution in [0.15, 0.2) is 51.7 Å². The van der Waals surface area contributed by atoms with Gasteiger partial charge >= 0.3 is 5.97 Å². The van der Waals surface area contributed by atoms with E-state index in [1.165, 1.54) is 0 Å². The summed E-state index contributed by atoms with van der Waals surface area (Å²) in [6, 6.07) is 12.9. The normalized spacial score (nSPS) is 10.7. The van der Waals surface area contributed by atoms with Gasteiger partial charge in [0, 0.05) is 12.1 Å². The second-order valence-electron chi connectivity index (χ2n) is 7.81. The highest BCUT2D eigenvalue weighted by Crippen LogP contribution is 2.27. The maximum atomic E-state index is 13.2. The van der Waals surface area contributed by atoms with E-state index in [1.807, 2.05) is 44.2 Å².